The molecule has 0 bridgehead atoms. The van der Waals surface area contributed by atoms with E-state index in [-0.39, 0.29) is 11.3 Å². The van der Waals surface area contributed by atoms with Crippen molar-refractivity contribution in [3.05, 3.63) is 47.2 Å². The standard InChI is InChI=1S/C14H15N3O2/c1-8-3-4-12(18)11(5-8)14(19)17-13-9(2)6-10(15)7-16-13/h3-7,18H,15H2,1-2H3,(H,16,17,19). The highest BCUT2D eigenvalue weighted by atomic mass is 16.3. The number of aromatic nitrogens is 1. The third-order valence-corrected chi connectivity index (χ3v) is 2.73. The number of rotatable bonds is 2. The number of nitrogens with two attached hydrogens (primary N) is 1. The van der Waals surface area contributed by atoms with Gasteiger partial charge in [-0.3, -0.25) is 4.79 Å². The Kier molecular flexibility index (Phi) is 3.37. The number of pyridine rings is 1. The maximum atomic E-state index is 12.1. The number of aromatic hydroxyl groups is 1. The molecule has 0 aliphatic rings. The molecule has 0 unspecified atom stereocenters. The number of benzene rings is 1. The lowest BCUT2D eigenvalue weighted by Gasteiger charge is -2.09. The zero-order valence-corrected chi connectivity index (χ0v) is 10.8. The molecule has 1 aromatic heterocycles. The summed E-state index contributed by atoms with van der Waals surface area (Å²) in [7, 11) is 0. The number of carbonyl (C=O) groups excluding carboxylic acids is 1. The molecule has 19 heavy (non-hydrogen) atoms. The lowest BCUT2D eigenvalue weighted by Crippen LogP contribution is -2.14. The second-order valence-electron chi connectivity index (χ2n) is 4.41. The van der Waals surface area contributed by atoms with Gasteiger partial charge in [-0.1, -0.05) is 11.6 Å². The number of hydrogen-bond acceptors (Lipinski definition) is 4. The number of nitrogen functional groups attached to an aromatic ring is 1. The SMILES string of the molecule is Cc1ccc(O)c(C(=O)Nc2ncc(N)cc2C)c1. The van der Waals surface area contributed by atoms with Crippen molar-refractivity contribution in [2.75, 3.05) is 11.1 Å². The predicted octanol–water partition coefficient (Wildman–Crippen LogP) is 2.24. The second-order valence-corrected chi connectivity index (χ2v) is 4.41. The molecular weight excluding hydrogens is 242 g/mol. The van der Waals surface area contributed by atoms with Crippen molar-refractivity contribution in [2.24, 2.45) is 0 Å². The largest absolute Gasteiger partial charge is 0.507 e. The lowest BCUT2D eigenvalue weighted by molar-refractivity contribution is 0.102. The van der Waals surface area contributed by atoms with E-state index in [0.717, 1.165) is 11.1 Å². The molecule has 0 saturated heterocycles. The molecule has 5 heteroatoms. The molecular formula is C14H15N3O2. The molecule has 0 fully saturated rings. The average molecular weight is 257 g/mol. The van der Waals surface area contributed by atoms with Crippen LogP contribution < -0.4 is 11.1 Å². The molecule has 2 rings (SSSR count). The lowest BCUT2D eigenvalue weighted by atomic mass is 10.1. The van der Waals surface area contributed by atoms with E-state index >= 15 is 0 Å². The maximum Gasteiger partial charge on any atom is 0.260 e. The smallest absolute Gasteiger partial charge is 0.260 e. The van der Waals surface area contributed by atoms with Crippen molar-refractivity contribution in [3.8, 4) is 5.75 Å². The van der Waals surface area contributed by atoms with Gasteiger partial charge in [-0.25, -0.2) is 4.98 Å². The minimum absolute atomic E-state index is 0.0591. The number of anilines is 2. The molecule has 2 aromatic rings. The summed E-state index contributed by atoms with van der Waals surface area (Å²) >= 11 is 0. The normalized spacial score (nSPS) is 10.2. The van der Waals surface area contributed by atoms with Crippen LogP contribution in [0.1, 0.15) is 21.5 Å². The van der Waals surface area contributed by atoms with Crippen molar-refractivity contribution in [3.63, 3.8) is 0 Å². The zero-order valence-electron chi connectivity index (χ0n) is 10.8. The van der Waals surface area contributed by atoms with Gasteiger partial charge in [-0.2, -0.15) is 0 Å². The molecule has 0 atom stereocenters. The van der Waals surface area contributed by atoms with Gasteiger partial charge in [0.2, 0.25) is 0 Å². The van der Waals surface area contributed by atoms with Crippen molar-refractivity contribution in [2.45, 2.75) is 13.8 Å². The Bertz CT molecular complexity index is 639. The van der Waals surface area contributed by atoms with Crippen LogP contribution >= 0.6 is 0 Å². The molecule has 1 heterocycles. The Hall–Kier alpha value is -2.56. The number of carbonyl (C=O) groups is 1. The van der Waals surface area contributed by atoms with Gasteiger partial charge in [0.05, 0.1) is 17.4 Å². The molecule has 4 N–H and O–H groups in total. The summed E-state index contributed by atoms with van der Waals surface area (Å²) in [5, 5.41) is 12.4. The van der Waals surface area contributed by atoms with E-state index in [0.29, 0.717) is 11.5 Å². The maximum absolute atomic E-state index is 12.1. The Morgan fingerprint density at radius 3 is 2.74 bits per heavy atom. The monoisotopic (exact) mass is 257 g/mol. The van der Waals surface area contributed by atoms with E-state index in [9.17, 15) is 9.90 Å². The van der Waals surface area contributed by atoms with E-state index in [4.69, 9.17) is 5.73 Å². The van der Waals surface area contributed by atoms with E-state index < -0.39 is 5.91 Å². The van der Waals surface area contributed by atoms with Gasteiger partial charge in [-0.05, 0) is 37.6 Å². The van der Waals surface area contributed by atoms with Crippen molar-refractivity contribution in [1.29, 1.82) is 0 Å². The molecule has 5 nitrogen and oxygen atoms in total. The molecule has 0 radical (unpaired) electrons. The average Bonchev–Trinajstić information content (AvgIpc) is 2.35. The highest BCUT2D eigenvalue weighted by Gasteiger charge is 2.13. The summed E-state index contributed by atoms with van der Waals surface area (Å²) in [5.74, 6) is -0.0297. The summed E-state index contributed by atoms with van der Waals surface area (Å²) in [6, 6.07) is 6.57. The third-order valence-electron chi connectivity index (χ3n) is 2.73. The van der Waals surface area contributed by atoms with Crippen molar-refractivity contribution >= 4 is 17.4 Å². The first kappa shape index (κ1) is 12.9. The summed E-state index contributed by atoms with van der Waals surface area (Å²) in [4.78, 5) is 16.1. The number of nitrogens with zero attached hydrogens (tertiary/aromatic N) is 1. The molecule has 1 aromatic carbocycles. The van der Waals surface area contributed by atoms with Gasteiger partial charge < -0.3 is 16.2 Å². The summed E-state index contributed by atoms with van der Waals surface area (Å²) in [6.07, 6.45) is 1.47. The first-order valence-corrected chi connectivity index (χ1v) is 5.80. The number of phenols is 1. The molecule has 0 aliphatic carbocycles. The van der Waals surface area contributed by atoms with Crippen LogP contribution in [-0.2, 0) is 0 Å². The minimum Gasteiger partial charge on any atom is -0.507 e. The Balaban J connectivity index is 2.28. The second kappa shape index (κ2) is 4.97. The van der Waals surface area contributed by atoms with E-state index in [1.54, 1.807) is 25.1 Å². The van der Waals surface area contributed by atoms with Crippen LogP contribution in [0.25, 0.3) is 0 Å². The fourth-order valence-corrected chi connectivity index (χ4v) is 1.73. The van der Waals surface area contributed by atoms with Gasteiger partial charge in [0.15, 0.2) is 0 Å². The minimum atomic E-state index is -0.401. The van der Waals surface area contributed by atoms with E-state index in [2.05, 4.69) is 10.3 Å². The fraction of sp³-hybridized carbons (Fsp3) is 0.143. The molecule has 0 spiro atoms. The summed E-state index contributed by atoms with van der Waals surface area (Å²) in [6.45, 7) is 3.65. The van der Waals surface area contributed by atoms with Crippen LogP contribution in [-0.4, -0.2) is 16.0 Å². The van der Waals surface area contributed by atoms with Crippen molar-refractivity contribution in [1.82, 2.24) is 4.98 Å². The van der Waals surface area contributed by atoms with Crippen LogP contribution in [0.15, 0.2) is 30.5 Å². The number of phenolic OH excluding ortho intramolecular Hbond substituents is 1. The molecule has 0 aliphatic heterocycles. The van der Waals surface area contributed by atoms with Gasteiger partial charge in [0.1, 0.15) is 11.6 Å². The van der Waals surface area contributed by atoms with Gasteiger partial charge in [-0.15, -0.1) is 0 Å². The van der Waals surface area contributed by atoms with Gasteiger partial charge >= 0.3 is 0 Å². The topological polar surface area (TPSA) is 88.2 Å². The highest BCUT2D eigenvalue weighted by molar-refractivity contribution is 6.06. The summed E-state index contributed by atoms with van der Waals surface area (Å²) in [5.41, 5.74) is 8.01. The highest BCUT2D eigenvalue weighted by Crippen LogP contribution is 2.21. The van der Waals surface area contributed by atoms with Crippen LogP contribution in [0.5, 0.6) is 5.75 Å². The number of hydrogen-bond donors (Lipinski definition) is 3. The van der Waals surface area contributed by atoms with Crippen LogP contribution in [0.4, 0.5) is 11.5 Å². The Morgan fingerprint density at radius 1 is 1.32 bits per heavy atom. The molecule has 98 valence electrons. The first-order valence-electron chi connectivity index (χ1n) is 5.80. The quantitative estimate of drug-likeness (QED) is 0.769. The Labute approximate surface area is 111 Å². The zero-order chi connectivity index (χ0) is 14.0. The Morgan fingerprint density at radius 2 is 2.05 bits per heavy atom. The number of amides is 1. The van der Waals surface area contributed by atoms with Crippen molar-refractivity contribution < 1.29 is 9.90 Å². The van der Waals surface area contributed by atoms with E-state index in [1.165, 1.54) is 12.3 Å². The van der Waals surface area contributed by atoms with Crippen LogP contribution in [0.3, 0.4) is 0 Å². The van der Waals surface area contributed by atoms with Gasteiger partial charge in [0, 0.05) is 0 Å². The number of nitrogens with one attached hydrogen (secondary N) is 1. The molecule has 1 amide bonds. The fourth-order valence-electron chi connectivity index (χ4n) is 1.73. The predicted molar refractivity (Wildman–Crippen MR) is 74.2 cm³/mol. The molecule has 0 saturated carbocycles. The van der Waals surface area contributed by atoms with Crippen LogP contribution in [0.2, 0.25) is 0 Å². The van der Waals surface area contributed by atoms with Crippen LogP contribution in [0, 0.1) is 13.8 Å². The van der Waals surface area contributed by atoms with Gasteiger partial charge in [0.25, 0.3) is 5.91 Å². The third kappa shape index (κ3) is 2.82. The van der Waals surface area contributed by atoms with E-state index in [1.807, 2.05) is 6.92 Å². The number of aryl methyl sites for hydroxylation is 2. The first-order chi connectivity index (χ1) is 8.97. The summed E-state index contributed by atoms with van der Waals surface area (Å²) < 4.78 is 0.